The Morgan fingerprint density at radius 3 is 2.67 bits per heavy atom. The van der Waals surface area contributed by atoms with Crippen molar-refractivity contribution in [3.8, 4) is 0 Å². The Morgan fingerprint density at radius 1 is 1.22 bits per heavy atom. The largest absolute Gasteiger partial charge is 0.351 e. The molecule has 0 saturated carbocycles. The molecular formula is C20H21FN4O2. The van der Waals surface area contributed by atoms with Gasteiger partial charge in [0.2, 0.25) is 0 Å². The van der Waals surface area contributed by atoms with Crippen LogP contribution in [-0.2, 0) is 6.54 Å². The van der Waals surface area contributed by atoms with Crippen molar-refractivity contribution in [2.75, 3.05) is 27.2 Å². The third-order valence-corrected chi connectivity index (χ3v) is 4.19. The number of benzene rings is 1. The van der Waals surface area contributed by atoms with E-state index in [2.05, 4.69) is 10.3 Å². The molecule has 0 aliphatic carbocycles. The molecule has 3 aromatic rings. The molecule has 0 atom stereocenters. The van der Waals surface area contributed by atoms with Crippen LogP contribution in [0.1, 0.15) is 15.9 Å². The van der Waals surface area contributed by atoms with Gasteiger partial charge < -0.3 is 10.2 Å². The van der Waals surface area contributed by atoms with Crippen LogP contribution < -0.4 is 10.9 Å². The molecule has 0 radical (unpaired) electrons. The average Bonchev–Trinajstić information content (AvgIpc) is 2.65. The van der Waals surface area contributed by atoms with Crippen LogP contribution in [-0.4, -0.2) is 47.5 Å². The summed E-state index contributed by atoms with van der Waals surface area (Å²) in [5.41, 5.74) is 0.872. The number of nitrogens with one attached hydrogen (secondary N) is 1. The van der Waals surface area contributed by atoms with E-state index in [0.29, 0.717) is 24.1 Å². The van der Waals surface area contributed by atoms with E-state index in [0.717, 1.165) is 5.56 Å². The van der Waals surface area contributed by atoms with Crippen molar-refractivity contribution in [2.45, 2.75) is 6.54 Å². The average molecular weight is 368 g/mol. The predicted octanol–water partition coefficient (Wildman–Crippen LogP) is 1.88. The van der Waals surface area contributed by atoms with E-state index < -0.39 is 11.5 Å². The van der Waals surface area contributed by atoms with Crippen molar-refractivity contribution >= 4 is 16.9 Å². The van der Waals surface area contributed by atoms with E-state index in [1.807, 2.05) is 19.0 Å². The highest BCUT2D eigenvalue weighted by Gasteiger charge is 2.16. The topological polar surface area (TPSA) is 67.2 Å². The first-order valence-electron chi connectivity index (χ1n) is 8.61. The normalized spacial score (nSPS) is 11.1. The summed E-state index contributed by atoms with van der Waals surface area (Å²) in [7, 11) is 3.81. The molecule has 1 N–H and O–H groups in total. The molecule has 0 aliphatic rings. The van der Waals surface area contributed by atoms with Crippen LogP contribution in [0.15, 0.2) is 53.5 Å². The number of carbonyl (C=O) groups is 1. The highest BCUT2D eigenvalue weighted by molar-refractivity contribution is 5.96. The SMILES string of the molecule is CN(C)CCNC(=O)c1cc2cccnc2n(Cc2ccc(F)cc2)c1=O. The Balaban J connectivity index is 2.00. The van der Waals surface area contributed by atoms with Crippen molar-refractivity contribution in [3.05, 3.63) is 76.0 Å². The molecule has 1 amide bonds. The quantitative estimate of drug-likeness (QED) is 0.721. The lowest BCUT2D eigenvalue weighted by atomic mass is 10.1. The number of pyridine rings is 2. The second-order valence-electron chi connectivity index (χ2n) is 6.55. The summed E-state index contributed by atoms with van der Waals surface area (Å²) < 4.78 is 14.6. The van der Waals surface area contributed by atoms with Gasteiger partial charge in [0.15, 0.2) is 0 Å². The van der Waals surface area contributed by atoms with E-state index in [-0.39, 0.29) is 17.9 Å². The molecule has 7 heteroatoms. The smallest absolute Gasteiger partial charge is 0.265 e. The number of likely N-dealkylation sites (N-methyl/N-ethyl adjacent to an activating group) is 1. The minimum absolute atomic E-state index is 0.0661. The zero-order chi connectivity index (χ0) is 19.4. The third-order valence-electron chi connectivity index (χ3n) is 4.19. The van der Waals surface area contributed by atoms with Gasteiger partial charge in [-0.15, -0.1) is 0 Å². The molecule has 0 bridgehead atoms. The van der Waals surface area contributed by atoms with Crippen molar-refractivity contribution in [3.63, 3.8) is 0 Å². The highest BCUT2D eigenvalue weighted by atomic mass is 19.1. The summed E-state index contributed by atoms with van der Waals surface area (Å²) in [6.45, 7) is 1.31. The minimum Gasteiger partial charge on any atom is -0.351 e. The number of halogens is 1. The van der Waals surface area contributed by atoms with Crippen LogP contribution in [0.2, 0.25) is 0 Å². The van der Waals surface area contributed by atoms with Crippen LogP contribution in [0.3, 0.4) is 0 Å². The summed E-state index contributed by atoms with van der Waals surface area (Å²) in [6, 6.07) is 11.0. The molecule has 0 saturated heterocycles. The molecule has 0 fully saturated rings. The van der Waals surface area contributed by atoms with E-state index in [4.69, 9.17) is 0 Å². The fourth-order valence-electron chi connectivity index (χ4n) is 2.78. The van der Waals surface area contributed by atoms with Crippen LogP contribution >= 0.6 is 0 Å². The zero-order valence-electron chi connectivity index (χ0n) is 15.3. The minimum atomic E-state index is -0.423. The maximum atomic E-state index is 13.2. The first-order valence-corrected chi connectivity index (χ1v) is 8.61. The monoisotopic (exact) mass is 368 g/mol. The summed E-state index contributed by atoms with van der Waals surface area (Å²) in [5, 5.41) is 3.46. The summed E-state index contributed by atoms with van der Waals surface area (Å²) in [4.78, 5) is 31.7. The van der Waals surface area contributed by atoms with Gasteiger partial charge in [-0.05, 0) is 50.0 Å². The lowest BCUT2D eigenvalue weighted by Crippen LogP contribution is -2.36. The number of rotatable bonds is 6. The highest BCUT2D eigenvalue weighted by Crippen LogP contribution is 2.13. The number of aromatic nitrogens is 2. The molecular weight excluding hydrogens is 347 g/mol. The van der Waals surface area contributed by atoms with E-state index in [1.165, 1.54) is 16.7 Å². The zero-order valence-corrected chi connectivity index (χ0v) is 15.3. The first-order chi connectivity index (χ1) is 13.0. The summed E-state index contributed by atoms with van der Waals surface area (Å²) >= 11 is 0. The van der Waals surface area contributed by atoms with E-state index in [9.17, 15) is 14.0 Å². The lowest BCUT2D eigenvalue weighted by Gasteiger charge is -2.13. The van der Waals surface area contributed by atoms with Gasteiger partial charge in [0.1, 0.15) is 17.0 Å². The lowest BCUT2D eigenvalue weighted by molar-refractivity contribution is 0.0949. The van der Waals surface area contributed by atoms with Crippen molar-refractivity contribution < 1.29 is 9.18 Å². The Bertz CT molecular complexity index is 1010. The number of hydrogen-bond acceptors (Lipinski definition) is 4. The van der Waals surface area contributed by atoms with Crippen molar-refractivity contribution in [1.82, 2.24) is 19.8 Å². The molecule has 2 heterocycles. The molecule has 27 heavy (non-hydrogen) atoms. The van der Waals surface area contributed by atoms with Crippen LogP contribution in [0.5, 0.6) is 0 Å². The predicted molar refractivity (Wildman–Crippen MR) is 102 cm³/mol. The van der Waals surface area contributed by atoms with Gasteiger partial charge in [0.05, 0.1) is 6.54 Å². The number of fused-ring (bicyclic) bond motifs is 1. The molecule has 0 spiro atoms. The van der Waals surface area contributed by atoms with Gasteiger partial charge in [-0.2, -0.15) is 0 Å². The third kappa shape index (κ3) is 4.38. The van der Waals surface area contributed by atoms with Crippen LogP contribution in [0.25, 0.3) is 11.0 Å². The Morgan fingerprint density at radius 2 is 1.96 bits per heavy atom. The van der Waals surface area contributed by atoms with Gasteiger partial charge >= 0.3 is 0 Å². The van der Waals surface area contributed by atoms with E-state index in [1.54, 1.807) is 36.5 Å². The molecule has 1 aromatic carbocycles. The second-order valence-corrected chi connectivity index (χ2v) is 6.55. The number of hydrogen-bond donors (Lipinski definition) is 1. The fourth-order valence-corrected chi connectivity index (χ4v) is 2.78. The fraction of sp³-hybridized carbons (Fsp3) is 0.250. The van der Waals surface area contributed by atoms with Crippen LogP contribution in [0, 0.1) is 5.82 Å². The first kappa shape index (κ1) is 18.7. The Labute approximate surface area is 156 Å². The van der Waals surface area contributed by atoms with Gasteiger partial charge in [-0.25, -0.2) is 9.37 Å². The molecule has 0 aliphatic heterocycles. The van der Waals surface area contributed by atoms with Gasteiger partial charge in [0.25, 0.3) is 11.5 Å². The number of amides is 1. The molecule has 140 valence electrons. The van der Waals surface area contributed by atoms with Crippen molar-refractivity contribution in [1.29, 1.82) is 0 Å². The Kier molecular flexibility index (Phi) is 5.61. The summed E-state index contributed by atoms with van der Waals surface area (Å²) in [6.07, 6.45) is 1.60. The van der Waals surface area contributed by atoms with Gasteiger partial charge in [-0.1, -0.05) is 12.1 Å². The molecule has 3 rings (SSSR count). The number of carbonyl (C=O) groups excluding carboxylic acids is 1. The Hall–Kier alpha value is -3.06. The van der Waals surface area contributed by atoms with Crippen LogP contribution in [0.4, 0.5) is 4.39 Å². The maximum Gasteiger partial charge on any atom is 0.265 e. The molecule has 0 unspecified atom stereocenters. The molecule has 2 aromatic heterocycles. The summed E-state index contributed by atoms with van der Waals surface area (Å²) in [5.74, 6) is -0.761. The molecule has 6 nitrogen and oxygen atoms in total. The van der Waals surface area contributed by atoms with Crippen molar-refractivity contribution in [2.24, 2.45) is 0 Å². The standard InChI is InChI=1S/C20H21FN4O2/c1-24(2)11-10-23-19(26)17-12-15-4-3-9-22-18(15)25(20(17)27)13-14-5-7-16(21)8-6-14/h3-9,12H,10-11,13H2,1-2H3,(H,23,26). The second kappa shape index (κ2) is 8.09. The van der Waals surface area contributed by atoms with E-state index >= 15 is 0 Å². The van der Waals surface area contributed by atoms with Gasteiger partial charge in [-0.3, -0.25) is 14.2 Å². The maximum absolute atomic E-state index is 13.2. The van der Waals surface area contributed by atoms with Gasteiger partial charge in [0, 0.05) is 24.7 Å². The number of nitrogens with zero attached hydrogens (tertiary/aromatic N) is 3.